The SMILES string of the molecule is CCCC[C@]1(CC)CSc2cc(C=O)ccc2[C@H](c2ccccc2)N1. The first-order valence-electron chi connectivity index (χ1n) is 9.26. The van der Waals surface area contributed by atoms with E-state index in [1.165, 1.54) is 35.3 Å². The molecule has 1 aliphatic rings. The Kier molecular flexibility index (Phi) is 5.98. The molecule has 1 aliphatic heterocycles. The Labute approximate surface area is 155 Å². The summed E-state index contributed by atoms with van der Waals surface area (Å²) >= 11 is 1.90. The van der Waals surface area contributed by atoms with E-state index in [0.717, 1.165) is 24.0 Å². The third kappa shape index (κ3) is 3.99. The Morgan fingerprint density at radius 2 is 2.00 bits per heavy atom. The van der Waals surface area contributed by atoms with E-state index in [0.29, 0.717) is 0 Å². The van der Waals surface area contributed by atoms with Gasteiger partial charge in [0, 0.05) is 21.8 Å². The van der Waals surface area contributed by atoms with Crippen LogP contribution in [0.15, 0.2) is 53.4 Å². The highest BCUT2D eigenvalue weighted by molar-refractivity contribution is 7.99. The van der Waals surface area contributed by atoms with Gasteiger partial charge in [-0.05, 0) is 30.0 Å². The molecule has 3 heteroatoms. The number of rotatable bonds is 6. The van der Waals surface area contributed by atoms with Crippen molar-refractivity contribution >= 4 is 18.0 Å². The fourth-order valence-corrected chi connectivity index (χ4v) is 5.01. The molecule has 2 atom stereocenters. The zero-order valence-electron chi connectivity index (χ0n) is 15.1. The minimum Gasteiger partial charge on any atom is -0.300 e. The van der Waals surface area contributed by atoms with Crippen molar-refractivity contribution in [1.29, 1.82) is 0 Å². The van der Waals surface area contributed by atoms with Gasteiger partial charge < -0.3 is 0 Å². The van der Waals surface area contributed by atoms with E-state index in [4.69, 9.17) is 0 Å². The summed E-state index contributed by atoms with van der Waals surface area (Å²) in [5, 5.41) is 4.01. The van der Waals surface area contributed by atoms with Crippen molar-refractivity contribution < 1.29 is 4.79 Å². The summed E-state index contributed by atoms with van der Waals surface area (Å²) in [6.45, 7) is 4.55. The predicted octanol–water partition coefficient (Wildman–Crippen LogP) is 5.62. The van der Waals surface area contributed by atoms with Crippen LogP contribution in [-0.4, -0.2) is 17.6 Å². The minimum absolute atomic E-state index is 0.127. The van der Waals surface area contributed by atoms with Crippen LogP contribution in [0.3, 0.4) is 0 Å². The first-order chi connectivity index (χ1) is 12.2. The molecule has 0 bridgehead atoms. The molecule has 0 unspecified atom stereocenters. The van der Waals surface area contributed by atoms with Crippen molar-refractivity contribution in [3.63, 3.8) is 0 Å². The van der Waals surface area contributed by atoms with Crippen LogP contribution >= 0.6 is 11.8 Å². The van der Waals surface area contributed by atoms with Crippen molar-refractivity contribution in [2.24, 2.45) is 0 Å². The van der Waals surface area contributed by atoms with Gasteiger partial charge in [0.05, 0.1) is 6.04 Å². The number of hydrogen-bond acceptors (Lipinski definition) is 3. The molecular weight excluding hydrogens is 326 g/mol. The van der Waals surface area contributed by atoms with Gasteiger partial charge in [-0.2, -0.15) is 0 Å². The molecule has 2 aromatic carbocycles. The van der Waals surface area contributed by atoms with Gasteiger partial charge in [0.15, 0.2) is 0 Å². The number of thioether (sulfide) groups is 1. The number of carbonyl (C=O) groups excluding carboxylic acids is 1. The van der Waals surface area contributed by atoms with E-state index in [1.54, 1.807) is 0 Å². The predicted molar refractivity (Wildman–Crippen MR) is 107 cm³/mol. The summed E-state index contributed by atoms with van der Waals surface area (Å²) in [4.78, 5) is 12.5. The zero-order valence-corrected chi connectivity index (χ0v) is 15.9. The lowest BCUT2D eigenvalue weighted by molar-refractivity contribution is 0.112. The van der Waals surface area contributed by atoms with Gasteiger partial charge in [0.2, 0.25) is 0 Å². The molecule has 0 aromatic heterocycles. The molecule has 0 fully saturated rings. The fraction of sp³-hybridized carbons (Fsp3) is 0.409. The van der Waals surface area contributed by atoms with E-state index in [1.807, 2.05) is 17.8 Å². The maximum absolute atomic E-state index is 11.2. The zero-order chi connectivity index (χ0) is 17.7. The van der Waals surface area contributed by atoms with E-state index in [2.05, 4.69) is 61.6 Å². The van der Waals surface area contributed by atoms with Crippen LogP contribution < -0.4 is 5.32 Å². The summed E-state index contributed by atoms with van der Waals surface area (Å²) in [5.41, 5.74) is 3.46. The highest BCUT2D eigenvalue weighted by Gasteiger charge is 2.35. The minimum atomic E-state index is 0.127. The molecule has 1 N–H and O–H groups in total. The average Bonchev–Trinajstić information content (AvgIpc) is 2.84. The first-order valence-corrected chi connectivity index (χ1v) is 10.2. The second-order valence-corrected chi connectivity index (χ2v) is 7.95. The normalized spacial score (nSPS) is 22.9. The smallest absolute Gasteiger partial charge is 0.150 e. The number of fused-ring (bicyclic) bond motifs is 1. The van der Waals surface area contributed by atoms with Gasteiger partial charge in [-0.3, -0.25) is 10.1 Å². The van der Waals surface area contributed by atoms with Gasteiger partial charge in [0.1, 0.15) is 6.29 Å². The number of nitrogens with one attached hydrogen (secondary N) is 1. The monoisotopic (exact) mass is 353 g/mol. The molecule has 132 valence electrons. The summed E-state index contributed by atoms with van der Waals surface area (Å²) in [6, 6.07) is 17.0. The quantitative estimate of drug-likeness (QED) is 0.683. The standard InChI is InChI=1S/C22H27NOS/c1-3-5-13-22(4-2)16-25-20-14-17(15-24)11-12-19(20)21(23-22)18-9-7-6-8-10-18/h6-12,14-15,21,23H,3-5,13,16H2,1-2H3/t21-,22+/m0/s1. The van der Waals surface area contributed by atoms with E-state index in [9.17, 15) is 4.79 Å². The average molecular weight is 354 g/mol. The van der Waals surface area contributed by atoms with Gasteiger partial charge >= 0.3 is 0 Å². The molecule has 2 nitrogen and oxygen atoms in total. The van der Waals surface area contributed by atoms with Crippen molar-refractivity contribution in [1.82, 2.24) is 5.32 Å². The molecular formula is C22H27NOS. The second-order valence-electron chi connectivity index (χ2n) is 6.93. The van der Waals surface area contributed by atoms with Crippen LogP contribution in [-0.2, 0) is 0 Å². The van der Waals surface area contributed by atoms with Crippen LogP contribution in [0.5, 0.6) is 0 Å². The van der Waals surface area contributed by atoms with Gasteiger partial charge in [-0.1, -0.05) is 69.2 Å². The van der Waals surface area contributed by atoms with E-state index in [-0.39, 0.29) is 11.6 Å². The Morgan fingerprint density at radius 1 is 1.20 bits per heavy atom. The van der Waals surface area contributed by atoms with Crippen LogP contribution in [0.25, 0.3) is 0 Å². The number of benzene rings is 2. The molecule has 0 radical (unpaired) electrons. The molecule has 0 spiro atoms. The van der Waals surface area contributed by atoms with E-state index >= 15 is 0 Å². The molecule has 0 saturated carbocycles. The molecule has 1 heterocycles. The van der Waals surface area contributed by atoms with Gasteiger partial charge in [-0.15, -0.1) is 11.8 Å². The molecule has 0 amide bonds. The second kappa shape index (κ2) is 8.20. The summed E-state index contributed by atoms with van der Waals surface area (Å²) in [6.07, 6.45) is 5.69. The number of carbonyl (C=O) groups is 1. The topological polar surface area (TPSA) is 29.1 Å². The lowest BCUT2D eigenvalue weighted by atomic mass is 9.88. The summed E-state index contributed by atoms with van der Waals surface area (Å²) in [7, 11) is 0. The van der Waals surface area contributed by atoms with Crippen LogP contribution in [0.2, 0.25) is 0 Å². The lowest BCUT2D eigenvalue weighted by Crippen LogP contribution is -2.48. The Morgan fingerprint density at radius 3 is 2.68 bits per heavy atom. The maximum Gasteiger partial charge on any atom is 0.150 e. The molecule has 25 heavy (non-hydrogen) atoms. The van der Waals surface area contributed by atoms with Crippen LogP contribution in [0, 0.1) is 0 Å². The largest absolute Gasteiger partial charge is 0.300 e. The first kappa shape index (κ1) is 18.2. The Hall–Kier alpha value is -1.58. The lowest BCUT2D eigenvalue weighted by Gasteiger charge is -2.36. The highest BCUT2D eigenvalue weighted by Crippen LogP contribution is 2.41. The maximum atomic E-state index is 11.2. The molecule has 2 aromatic rings. The fourth-order valence-electron chi connectivity index (χ4n) is 3.58. The van der Waals surface area contributed by atoms with Gasteiger partial charge in [0.25, 0.3) is 0 Å². The molecule has 3 rings (SSSR count). The Balaban J connectivity index is 2.05. The molecule has 0 aliphatic carbocycles. The van der Waals surface area contributed by atoms with Gasteiger partial charge in [-0.25, -0.2) is 0 Å². The van der Waals surface area contributed by atoms with Crippen molar-refractivity contribution in [2.45, 2.75) is 56.0 Å². The Bertz CT molecular complexity index is 715. The van der Waals surface area contributed by atoms with Crippen molar-refractivity contribution in [3.05, 3.63) is 65.2 Å². The number of aldehydes is 1. The summed E-state index contributed by atoms with van der Waals surface area (Å²) < 4.78 is 0. The van der Waals surface area contributed by atoms with E-state index < -0.39 is 0 Å². The molecule has 0 saturated heterocycles. The third-order valence-electron chi connectivity index (χ3n) is 5.26. The summed E-state index contributed by atoms with van der Waals surface area (Å²) in [5.74, 6) is 1.04. The highest BCUT2D eigenvalue weighted by atomic mass is 32.2. The number of hydrogen-bond donors (Lipinski definition) is 1. The number of unbranched alkanes of at least 4 members (excludes halogenated alkanes) is 1. The van der Waals surface area contributed by atoms with Crippen molar-refractivity contribution in [3.8, 4) is 0 Å². The third-order valence-corrected chi connectivity index (χ3v) is 6.62. The van der Waals surface area contributed by atoms with Crippen LogP contribution in [0.4, 0.5) is 0 Å². The van der Waals surface area contributed by atoms with Crippen molar-refractivity contribution in [2.75, 3.05) is 5.75 Å². The van der Waals surface area contributed by atoms with Crippen LogP contribution in [0.1, 0.15) is 67.1 Å².